The van der Waals surface area contributed by atoms with Crippen molar-refractivity contribution in [1.29, 1.82) is 0 Å². The van der Waals surface area contributed by atoms with Crippen LogP contribution in [0, 0.1) is 13.8 Å². The molecule has 4 rings (SSSR count). The number of thiophene rings is 1. The van der Waals surface area contributed by atoms with E-state index in [1.165, 1.54) is 22.2 Å². The number of thioether (sulfide) groups is 1. The third kappa shape index (κ3) is 4.41. The molecule has 146 valence electrons. The van der Waals surface area contributed by atoms with Crippen LogP contribution < -0.4 is 10.1 Å². The van der Waals surface area contributed by atoms with Gasteiger partial charge in [0.15, 0.2) is 5.75 Å². The van der Waals surface area contributed by atoms with Crippen molar-refractivity contribution in [2.75, 3.05) is 11.1 Å². The number of nitrogens with one attached hydrogen (secondary N) is 1. The van der Waals surface area contributed by atoms with Gasteiger partial charge in [0.1, 0.15) is 21.9 Å². The van der Waals surface area contributed by atoms with Gasteiger partial charge in [0, 0.05) is 10.3 Å². The van der Waals surface area contributed by atoms with E-state index in [9.17, 15) is 4.79 Å². The third-order valence-corrected chi connectivity index (χ3v) is 6.51. The summed E-state index contributed by atoms with van der Waals surface area (Å²) in [6, 6.07) is 16.9. The van der Waals surface area contributed by atoms with E-state index in [2.05, 4.69) is 29.1 Å². The number of hydrogen-bond donors (Lipinski definition) is 1. The number of rotatable bonds is 6. The third-order valence-electron chi connectivity index (χ3n) is 4.40. The highest BCUT2D eigenvalue weighted by molar-refractivity contribution is 8.00. The minimum Gasteiger partial charge on any atom is -0.455 e. The summed E-state index contributed by atoms with van der Waals surface area (Å²) in [7, 11) is 0. The molecule has 1 N–H and O–H groups in total. The minimum absolute atomic E-state index is 0.115. The number of carbonyl (C=O) groups is 1. The zero-order chi connectivity index (χ0) is 20.2. The quantitative estimate of drug-likeness (QED) is 0.313. The maximum absolute atomic E-state index is 12.6. The molecule has 0 radical (unpaired) electrons. The van der Waals surface area contributed by atoms with Crippen molar-refractivity contribution in [2.45, 2.75) is 18.9 Å². The van der Waals surface area contributed by atoms with Crippen LogP contribution in [0.3, 0.4) is 0 Å². The Bertz CT molecular complexity index is 1160. The van der Waals surface area contributed by atoms with Gasteiger partial charge in [-0.25, -0.2) is 9.97 Å². The minimum atomic E-state index is -0.115. The van der Waals surface area contributed by atoms with Gasteiger partial charge in [-0.15, -0.1) is 11.3 Å². The fourth-order valence-electron chi connectivity index (χ4n) is 2.85. The Kier molecular flexibility index (Phi) is 5.78. The Morgan fingerprint density at radius 2 is 1.83 bits per heavy atom. The molecule has 7 heteroatoms. The number of para-hydroxylation sites is 3. The molecule has 0 atom stereocenters. The molecule has 0 fully saturated rings. The second-order valence-corrected chi connectivity index (χ2v) is 8.56. The standard InChI is InChI=1S/C22H19N3O2S2/c1-14-15(2)29-22-20(14)21(23-13-24-22)28-12-19(26)25-17-10-6-7-11-18(17)27-16-8-4-3-5-9-16/h3-11,13H,12H2,1-2H3,(H,25,26). The number of ether oxygens (including phenoxy) is 1. The number of nitrogens with zero attached hydrogens (tertiary/aromatic N) is 2. The summed E-state index contributed by atoms with van der Waals surface area (Å²) in [5.41, 5.74) is 1.81. The number of fused-ring (bicyclic) bond motifs is 1. The van der Waals surface area contributed by atoms with Crippen molar-refractivity contribution >= 4 is 44.9 Å². The number of benzene rings is 2. The second kappa shape index (κ2) is 8.63. The van der Waals surface area contributed by atoms with Crippen molar-refractivity contribution in [1.82, 2.24) is 9.97 Å². The lowest BCUT2D eigenvalue weighted by atomic mass is 10.2. The van der Waals surface area contributed by atoms with Crippen LogP contribution in [0.15, 0.2) is 66.0 Å². The predicted octanol–water partition coefficient (Wildman–Crippen LogP) is 5.83. The highest BCUT2D eigenvalue weighted by Crippen LogP contribution is 2.34. The van der Waals surface area contributed by atoms with Crippen LogP contribution in [0.4, 0.5) is 5.69 Å². The van der Waals surface area contributed by atoms with Gasteiger partial charge in [0.25, 0.3) is 0 Å². The summed E-state index contributed by atoms with van der Waals surface area (Å²) < 4.78 is 5.91. The van der Waals surface area contributed by atoms with E-state index in [1.54, 1.807) is 17.7 Å². The van der Waals surface area contributed by atoms with Crippen LogP contribution in [0.2, 0.25) is 0 Å². The van der Waals surface area contributed by atoms with Crippen LogP contribution in [0.5, 0.6) is 11.5 Å². The van der Waals surface area contributed by atoms with E-state index in [0.717, 1.165) is 21.0 Å². The van der Waals surface area contributed by atoms with Crippen LogP contribution in [0.25, 0.3) is 10.2 Å². The first-order valence-electron chi connectivity index (χ1n) is 9.07. The summed E-state index contributed by atoms with van der Waals surface area (Å²) in [6.07, 6.45) is 1.56. The van der Waals surface area contributed by atoms with E-state index in [0.29, 0.717) is 11.4 Å². The molecule has 0 saturated carbocycles. The highest BCUT2D eigenvalue weighted by Gasteiger charge is 2.14. The maximum atomic E-state index is 12.6. The Morgan fingerprint density at radius 1 is 1.07 bits per heavy atom. The number of aryl methyl sites for hydroxylation is 2. The van der Waals surface area contributed by atoms with Gasteiger partial charge < -0.3 is 10.1 Å². The van der Waals surface area contributed by atoms with Crippen molar-refractivity contribution in [3.05, 3.63) is 71.4 Å². The number of carbonyl (C=O) groups excluding carboxylic acids is 1. The van der Waals surface area contributed by atoms with Crippen LogP contribution >= 0.6 is 23.1 Å². The fraction of sp³-hybridized carbons (Fsp3) is 0.136. The molecule has 0 bridgehead atoms. The molecule has 1 amide bonds. The molecule has 0 aliphatic heterocycles. The van der Waals surface area contributed by atoms with Gasteiger partial charge in [-0.3, -0.25) is 4.79 Å². The van der Waals surface area contributed by atoms with E-state index >= 15 is 0 Å². The molecule has 5 nitrogen and oxygen atoms in total. The lowest BCUT2D eigenvalue weighted by molar-refractivity contribution is -0.113. The number of hydrogen-bond acceptors (Lipinski definition) is 6. The summed E-state index contributed by atoms with van der Waals surface area (Å²) in [5, 5.41) is 4.82. The van der Waals surface area contributed by atoms with Crippen molar-refractivity contribution in [3.63, 3.8) is 0 Å². The normalized spacial score (nSPS) is 10.8. The molecular weight excluding hydrogens is 402 g/mol. The van der Waals surface area contributed by atoms with Crippen molar-refractivity contribution in [3.8, 4) is 11.5 Å². The van der Waals surface area contributed by atoms with Crippen molar-refractivity contribution < 1.29 is 9.53 Å². The van der Waals surface area contributed by atoms with Crippen LogP contribution in [-0.4, -0.2) is 21.6 Å². The lowest BCUT2D eigenvalue weighted by Crippen LogP contribution is -2.14. The highest BCUT2D eigenvalue weighted by atomic mass is 32.2. The number of amides is 1. The number of anilines is 1. The Morgan fingerprint density at radius 3 is 2.66 bits per heavy atom. The van der Waals surface area contributed by atoms with E-state index in [-0.39, 0.29) is 11.7 Å². The average molecular weight is 422 g/mol. The summed E-state index contributed by atoms with van der Waals surface area (Å²) >= 11 is 3.07. The Labute approximate surface area is 177 Å². The molecular formula is C22H19N3O2S2. The van der Waals surface area contributed by atoms with Crippen LogP contribution in [-0.2, 0) is 4.79 Å². The predicted molar refractivity (Wildman–Crippen MR) is 119 cm³/mol. The van der Waals surface area contributed by atoms with Gasteiger partial charge in [0.2, 0.25) is 5.91 Å². The van der Waals surface area contributed by atoms with Gasteiger partial charge in [-0.05, 0) is 43.7 Å². The molecule has 0 aliphatic rings. The van der Waals surface area contributed by atoms with Gasteiger partial charge >= 0.3 is 0 Å². The molecule has 0 saturated heterocycles. The molecule has 0 aliphatic carbocycles. The fourth-order valence-corrected chi connectivity index (χ4v) is 4.77. The van der Waals surface area contributed by atoms with Gasteiger partial charge in [-0.1, -0.05) is 42.1 Å². The summed E-state index contributed by atoms with van der Waals surface area (Å²) in [6.45, 7) is 4.14. The van der Waals surface area contributed by atoms with E-state index in [1.807, 2.05) is 54.6 Å². The van der Waals surface area contributed by atoms with E-state index in [4.69, 9.17) is 4.74 Å². The zero-order valence-corrected chi connectivity index (χ0v) is 17.6. The molecule has 0 unspecified atom stereocenters. The van der Waals surface area contributed by atoms with Crippen molar-refractivity contribution in [2.24, 2.45) is 0 Å². The molecule has 4 aromatic rings. The second-order valence-electron chi connectivity index (χ2n) is 6.39. The first-order chi connectivity index (χ1) is 14.1. The molecule has 2 aromatic carbocycles. The Hall–Kier alpha value is -2.90. The zero-order valence-electron chi connectivity index (χ0n) is 16.0. The topological polar surface area (TPSA) is 64.1 Å². The largest absolute Gasteiger partial charge is 0.455 e. The van der Waals surface area contributed by atoms with Gasteiger partial charge in [0.05, 0.1) is 11.4 Å². The maximum Gasteiger partial charge on any atom is 0.234 e. The van der Waals surface area contributed by atoms with Crippen LogP contribution in [0.1, 0.15) is 10.4 Å². The summed E-state index contributed by atoms with van der Waals surface area (Å²) in [4.78, 5) is 23.5. The smallest absolute Gasteiger partial charge is 0.234 e. The van der Waals surface area contributed by atoms with Gasteiger partial charge in [-0.2, -0.15) is 0 Å². The lowest BCUT2D eigenvalue weighted by Gasteiger charge is -2.12. The Balaban J connectivity index is 1.46. The molecule has 2 heterocycles. The molecule has 0 spiro atoms. The number of aromatic nitrogens is 2. The van der Waals surface area contributed by atoms with E-state index < -0.39 is 0 Å². The average Bonchev–Trinajstić information content (AvgIpc) is 3.03. The molecule has 2 aromatic heterocycles. The summed E-state index contributed by atoms with van der Waals surface area (Å²) in [5.74, 6) is 1.46. The molecule has 29 heavy (non-hydrogen) atoms. The first-order valence-corrected chi connectivity index (χ1v) is 10.9. The first kappa shape index (κ1) is 19.4. The monoisotopic (exact) mass is 421 g/mol. The SMILES string of the molecule is Cc1sc2ncnc(SCC(=O)Nc3ccccc3Oc3ccccc3)c2c1C.